The summed E-state index contributed by atoms with van der Waals surface area (Å²) >= 11 is 6.07. The normalized spacial score (nSPS) is 14.4. The smallest absolute Gasteiger partial charge is 0.321 e. The predicted octanol–water partition coefficient (Wildman–Crippen LogP) is 3.87. The molecule has 0 saturated carbocycles. The van der Waals surface area contributed by atoms with Crippen molar-refractivity contribution in [2.75, 3.05) is 31.5 Å². The zero-order chi connectivity index (χ0) is 19.2. The van der Waals surface area contributed by atoms with Crippen molar-refractivity contribution < 1.29 is 14.0 Å². The molecule has 27 heavy (non-hydrogen) atoms. The molecule has 1 heterocycles. The summed E-state index contributed by atoms with van der Waals surface area (Å²) in [5.41, 5.74) is 1.31. The molecule has 0 aromatic heterocycles. The standard InChI is InChI=1S/C20H19ClFN3O2/c21-18-4-2-1-3-15(18)5-10-19(26)24-11-13-25(14-12-24)20(27)23-17-8-6-16(22)7-9-17/h1-10H,11-14H2,(H,23,27)/b10-5+. The Balaban J connectivity index is 1.50. The molecule has 1 N–H and O–H groups in total. The Kier molecular flexibility index (Phi) is 6.08. The molecule has 3 rings (SSSR count). The summed E-state index contributed by atoms with van der Waals surface area (Å²) in [7, 11) is 0. The van der Waals surface area contributed by atoms with Gasteiger partial charge >= 0.3 is 6.03 Å². The van der Waals surface area contributed by atoms with Crippen LogP contribution in [0.3, 0.4) is 0 Å². The first-order chi connectivity index (χ1) is 13.0. The Bertz CT molecular complexity index is 847. The van der Waals surface area contributed by atoms with Crippen LogP contribution in [-0.2, 0) is 4.79 Å². The number of carbonyl (C=O) groups is 2. The Morgan fingerprint density at radius 3 is 2.26 bits per heavy atom. The van der Waals surface area contributed by atoms with E-state index in [9.17, 15) is 14.0 Å². The molecule has 0 spiro atoms. The van der Waals surface area contributed by atoms with Gasteiger partial charge in [-0.2, -0.15) is 0 Å². The third-order valence-electron chi connectivity index (χ3n) is 4.28. The SMILES string of the molecule is O=C(/C=C/c1ccccc1Cl)N1CCN(C(=O)Nc2ccc(F)cc2)CC1. The molecule has 1 aliphatic rings. The number of nitrogens with zero attached hydrogens (tertiary/aromatic N) is 2. The molecule has 1 aliphatic heterocycles. The number of halogens is 2. The van der Waals surface area contributed by atoms with Crippen molar-refractivity contribution >= 4 is 35.3 Å². The molecular formula is C20H19ClFN3O2. The molecular weight excluding hydrogens is 369 g/mol. The minimum absolute atomic E-state index is 0.117. The summed E-state index contributed by atoms with van der Waals surface area (Å²) in [6, 6.07) is 12.6. The summed E-state index contributed by atoms with van der Waals surface area (Å²) in [6.45, 7) is 1.75. The lowest BCUT2D eigenvalue weighted by molar-refractivity contribution is -0.127. The van der Waals surface area contributed by atoms with Gasteiger partial charge in [0.15, 0.2) is 0 Å². The number of carbonyl (C=O) groups excluding carboxylic acids is 2. The maximum absolute atomic E-state index is 12.9. The van der Waals surface area contributed by atoms with E-state index < -0.39 is 0 Å². The van der Waals surface area contributed by atoms with Gasteiger partial charge in [0.25, 0.3) is 0 Å². The maximum atomic E-state index is 12.9. The van der Waals surface area contributed by atoms with Crippen molar-refractivity contribution in [3.8, 4) is 0 Å². The fourth-order valence-corrected chi connectivity index (χ4v) is 2.94. The van der Waals surface area contributed by atoms with Gasteiger partial charge in [0, 0.05) is 43.0 Å². The molecule has 0 radical (unpaired) electrons. The van der Waals surface area contributed by atoms with Crippen molar-refractivity contribution in [1.82, 2.24) is 9.80 Å². The molecule has 2 aromatic carbocycles. The number of piperazine rings is 1. The van der Waals surface area contributed by atoms with Crippen LogP contribution in [0.5, 0.6) is 0 Å². The van der Waals surface area contributed by atoms with Crippen LogP contribution in [0, 0.1) is 5.82 Å². The van der Waals surface area contributed by atoms with Gasteiger partial charge in [0.1, 0.15) is 5.82 Å². The number of benzene rings is 2. The highest BCUT2D eigenvalue weighted by Gasteiger charge is 2.23. The van der Waals surface area contributed by atoms with Crippen molar-refractivity contribution in [3.05, 3.63) is 71.0 Å². The quantitative estimate of drug-likeness (QED) is 0.813. The van der Waals surface area contributed by atoms with Crippen LogP contribution in [0.25, 0.3) is 6.08 Å². The highest BCUT2D eigenvalue weighted by atomic mass is 35.5. The van der Waals surface area contributed by atoms with Crippen LogP contribution in [-0.4, -0.2) is 47.9 Å². The average Bonchev–Trinajstić information content (AvgIpc) is 2.69. The Morgan fingerprint density at radius 1 is 0.963 bits per heavy atom. The number of urea groups is 1. The number of anilines is 1. The van der Waals surface area contributed by atoms with Gasteiger partial charge in [-0.1, -0.05) is 29.8 Å². The van der Waals surface area contributed by atoms with Gasteiger partial charge in [-0.15, -0.1) is 0 Å². The van der Waals surface area contributed by atoms with Crippen LogP contribution < -0.4 is 5.32 Å². The van der Waals surface area contributed by atoms with E-state index in [0.717, 1.165) is 5.56 Å². The molecule has 0 aliphatic carbocycles. The molecule has 0 bridgehead atoms. The summed E-state index contributed by atoms with van der Waals surface area (Å²) in [5, 5.41) is 3.31. The molecule has 0 unspecified atom stereocenters. The fraction of sp³-hybridized carbons (Fsp3) is 0.200. The zero-order valence-corrected chi connectivity index (χ0v) is 15.3. The summed E-state index contributed by atoms with van der Waals surface area (Å²) in [4.78, 5) is 27.9. The second kappa shape index (κ2) is 8.68. The Morgan fingerprint density at radius 2 is 1.59 bits per heavy atom. The van der Waals surface area contributed by atoms with E-state index in [1.165, 1.54) is 30.3 Å². The minimum Gasteiger partial charge on any atom is -0.336 e. The summed E-state index contributed by atoms with van der Waals surface area (Å²) < 4.78 is 12.9. The molecule has 1 fully saturated rings. The fourth-order valence-electron chi connectivity index (χ4n) is 2.74. The topological polar surface area (TPSA) is 52.7 Å². The molecule has 2 aromatic rings. The zero-order valence-electron chi connectivity index (χ0n) is 14.6. The number of rotatable bonds is 3. The first-order valence-electron chi connectivity index (χ1n) is 8.56. The lowest BCUT2D eigenvalue weighted by Gasteiger charge is -2.34. The van der Waals surface area contributed by atoms with Gasteiger partial charge in [-0.05, 0) is 42.0 Å². The van der Waals surface area contributed by atoms with E-state index in [1.807, 2.05) is 18.2 Å². The Labute approximate surface area is 162 Å². The van der Waals surface area contributed by atoms with Crippen LogP contribution in [0.2, 0.25) is 5.02 Å². The third kappa shape index (κ3) is 5.08. The van der Waals surface area contributed by atoms with Crippen LogP contribution in [0.4, 0.5) is 14.9 Å². The van der Waals surface area contributed by atoms with Crippen LogP contribution >= 0.6 is 11.6 Å². The first kappa shape index (κ1) is 18.9. The lowest BCUT2D eigenvalue weighted by atomic mass is 10.2. The summed E-state index contributed by atoms with van der Waals surface area (Å²) in [5.74, 6) is -0.474. The minimum atomic E-state index is -0.357. The van der Waals surface area contributed by atoms with Crippen LogP contribution in [0.15, 0.2) is 54.6 Å². The highest BCUT2D eigenvalue weighted by Crippen LogP contribution is 2.16. The van der Waals surface area contributed by atoms with Crippen molar-refractivity contribution in [3.63, 3.8) is 0 Å². The van der Waals surface area contributed by atoms with E-state index in [-0.39, 0.29) is 17.8 Å². The van der Waals surface area contributed by atoms with E-state index in [1.54, 1.807) is 21.9 Å². The van der Waals surface area contributed by atoms with Crippen molar-refractivity contribution in [2.24, 2.45) is 0 Å². The first-order valence-corrected chi connectivity index (χ1v) is 8.94. The third-order valence-corrected chi connectivity index (χ3v) is 4.63. The van der Waals surface area contributed by atoms with E-state index in [4.69, 9.17) is 11.6 Å². The van der Waals surface area contributed by atoms with E-state index in [0.29, 0.717) is 36.9 Å². The molecule has 5 nitrogen and oxygen atoms in total. The average molecular weight is 388 g/mol. The number of hydrogen-bond donors (Lipinski definition) is 1. The Hall–Kier alpha value is -2.86. The van der Waals surface area contributed by atoms with Crippen LogP contribution in [0.1, 0.15) is 5.56 Å². The van der Waals surface area contributed by atoms with Gasteiger partial charge in [-0.25, -0.2) is 9.18 Å². The highest BCUT2D eigenvalue weighted by molar-refractivity contribution is 6.32. The molecule has 3 amide bonds. The number of hydrogen-bond acceptors (Lipinski definition) is 2. The molecule has 140 valence electrons. The molecule has 7 heteroatoms. The van der Waals surface area contributed by atoms with Crippen molar-refractivity contribution in [1.29, 1.82) is 0 Å². The second-order valence-electron chi connectivity index (χ2n) is 6.10. The van der Waals surface area contributed by atoms with Gasteiger partial charge in [0.05, 0.1) is 0 Å². The molecule has 0 atom stereocenters. The van der Waals surface area contributed by atoms with E-state index in [2.05, 4.69) is 5.32 Å². The maximum Gasteiger partial charge on any atom is 0.321 e. The van der Waals surface area contributed by atoms with E-state index >= 15 is 0 Å². The van der Waals surface area contributed by atoms with Gasteiger partial charge < -0.3 is 15.1 Å². The number of amides is 3. The van der Waals surface area contributed by atoms with Crippen molar-refractivity contribution in [2.45, 2.75) is 0 Å². The molecule has 1 saturated heterocycles. The lowest BCUT2D eigenvalue weighted by Crippen LogP contribution is -2.51. The van der Waals surface area contributed by atoms with Gasteiger partial charge in [-0.3, -0.25) is 4.79 Å². The predicted molar refractivity (Wildman–Crippen MR) is 104 cm³/mol. The van der Waals surface area contributed by atoms with Gasteiger partial charge in [0.2, 0.25) is 5.91 Å². The largest absolute Gasteiger partial charge is 0.336 e. The number of nitrogens with one attached hydrogen (secondary N) is 1. The monoisotopic (exact) mass is 387 g/mol. The summed E-state index contributed by atoms with van der Waals surface area (Å²) in [6.07, 6.45) is 3.19. The second-order valence-corrected chi connectivity index (χ2v) is 6.51.